The van der Waals surface area contributed by atoms with Crippen molar-refractivity contribution in [3.8, 4) is 22.6 Å². The molecule has 0 aliphatic heterocycles. The molecule has 0 spiro atoms. The summed E-state index contributed by atoms with van der Waals surface area (Å²) in [6.07, 6.45) is -2.71. The number of imidazole rings is 1. The maximum Gasteiger partial charge on any atom is 0.416 e. The molecule has 3 nitrogen and oxygen atoms in total. The predicted octanol–water partition coefficient (Wildman–Crippen LogP) is 6.46. The lowest BCUT2D eigenvalue weighted by Gasteiger charge is -2.06. The van der Waals surface area contributed by atoms with E-state index in [-0.39, 0.29) is 0 Å². The fourth-order valence-corrected chi connectivity index (χ4v) is 3.46. The van der Waals surface area contributed by atoms with Gasteiger partial charge >= 0.3 is 6.18 Å². The number of rotatable bonds is 2. The Hall–Kier alpha value is -3.67. The number of pyridine rings is 1. The van der Waals surface area contributed by atoms with Gasteiger partial charge in [-0.1, -0.05) is 42.5 Å². The maximum atomic E-state index is 12.9. The van der Waals surface area contributed by atoms with E-state index in [0.29, 0.717) is 22.4 Å². The van der Waals surface area contributed by atoms with Gasteiger partial charge in [-0.05, 0) is 41.1 Å². The van der Waals surface area contributed by atoms with Crippen LogP contribution in [0.15, 0.2) is 79.0 Å². The Kier molecular flexibility index (Phi) is 3.87. The van der Waals surface area contributed by atoms with E-state index >= 15 is 0 Å². The van der Waals surface area contributed by atoms with Gasteiger partial charge in [0.1, 0.15) is 5.82 Å². The molecule has 0 aliphatic rings. The minimum Gasteiger partial charge on any atom is -0.338 e. The van der Waals surface area contributed by atoms with Gasteiger partial charge in [-0.25, -0.2) is 4.98 Å². The fourth-order valence-electron chi connectivity index (χ4n) is 3.46. The van der Waals surface area contributed by atoms with Crippen molar-refractivity contribution < 1.29 is 13.2 Å². The summed E-state index contributed by atoms with van der Waals surface area (Å²) < 4.78 is 38.8. The third-order valence-electron chi connectivity index (χ3n) is 4.91. The van der Waals surface area contributed by atoms with Crippen LogP contribution in [-0.4, -0.2) is 15.0 Å². The van der Waals surface area contributed by atoms with Crippen molar-refractivity contribution >= 4 is 21.8 Å². The largest absolute Gasteiger partial charge is 0.416 e. The summed E-state index contributed by atoms with van der Waals surface area (Å²) >= 11 is 0. The van der Waals surface area contributed by atoms with Gasteiger partial charge in [0.15, 0.2) is 0 Å². The lowest BCUT2D eigenvalue weighted by Crippen LogP contribution is -2.04. The van der Waals surface area contributed by atoms with E-state index in [2.05, 4.69) is 33.2 Å². The molecule has 0 unspecified atom stereocenters. The van der Waals surface area contributed by atoms with Gasteiger partial charge in [-0.2, -0.15) is 13.2 Å². The first-order valence-corrected chi connectivity index (χ1v) is 9.00. The molecule has 5 aromatic rings. The van der Waals surface area contributed by atoms with Crippen LogP contribution in [0.4, 0.5) is 13.2 Å². The molecule has 0 saturated carbocycles. The molecule has 1 N–H and O–H groups in total. The van der Waals surface area contributed by atoms with Crippen LogP contribution in [0.25, 0.3) is 44.5 Å². The van der Waals surface area contributed by atoms with Crippen molar-refractivity contribution in [1.29, 1.82) is 0 Å². The van der Waals surface area contributed by atoms with Crippen LogP contribution < -0.4 is 0 Å². The van der Waals surface area contributed by atoms with Crippen LogP contribution in [0.5, 0.6) is 0 Å². The van der Waals surface area contributed by atoms with Crippen LogP contribution in [0.3, 0.4) is 0 Å². The Morgan fingerprint density at radius 1 is 0.828 bits per heavy atom. The minimum absolute atomic E-state index is 0.341. The Labute approximate surface area is 163 Å². The number of hydrogen-bond acceptors (Lipinski definition) is 2. The number of nitrogens with zero attached hydrogens (tertiary/aromatic N) is 2. The number of alkyl halides is 3. The van der Waals surface area contributed by atoms with Gasteiger partial charge in [0.2, 0.25) is 0 Å². The highest BCUT2D eigenvalue weighted by Crippen LogP contribution is 2.32. The second kappa shape index (κ2) is 6.44. The molecule has 0 bridgehead atoms. The lowest BCUT2D eigenvalue weighted by atomic mass is 10.0. The van der Waals surface area contributed by atoms with E-state index in [4.69, 9.17) is 0 Å². The first-order chi connectivity index (χ1) is 14.0. The quantitative estimate of drug-likeness (QED) is 0.376. The van der Waals surface area contributed by atoms with Gasteiger partial charge in [0.05, 0.1) is 22.3 Å². The average Bonchev–Trinajstić information content (AvgIpc) is 3.16. The molecular weight excluding hydrogens is 375 g/mol. The van der Waals surface area contributed by atoms with E-state index in [1.807, 2.05) is 36.4 Å². The number of aromatic amines is 1. The van der Waals surface area contributed by atoms with Crippen LogP contribution in [0.1, 0.15) is 5.56 Å². The van der Waals surface area contributed by atoms with Crippen LogP contribution >= 0.6 is 0 Å². The summed E-state index contributed by atoms with van der Waals surface area (Å²) in [5.74, 6) is 0.483. The van der Waals surface area contributed by atoms with Crippen molar-refractivity contribution in [2.75, 3.05) is 0 Å². The number of fused-ring (bicyclic) bond motifs is 2. The van der Waals surface area contributed by atoms with Crippen molar-refractivity contribution in [3.05, 3.63) is 84.6 Å². The number of halogens is 3. The molecule has 0 saturated heterocycles. The lowest BCUT2D eigenvalue weighted by molar-refractivity contribution is -0.137. The second-order valence-corrected chi connectivity index (χ2v) is 6.77. The van der Waals surface area contributed by atoms with E-state index < -0.39 is 11.7 Å². The zero-order chi connectivity index (χ0) is 20.0. The SMILES string of the molecule is FC(F)(F)c1ccc2nc(-c3ccc(-c4cccc5ccccc45)nc3)[nH]c2c1. The highest BCUT2D eigenvalue weighted by atomic mass is 19.4. The summed E-state index contributed by atoms with van der Waals surface area (Å²) in [5.41, 5.74) is 2.66. The molecular formula is C23H14F3N3. The zero-order valence-electron chi connectivity index (χ0n) is 15.0. The molecule has 2 heterocycles. The molecule has 0 radical (unpaired) electrons. The van der Waals surface area contributed by atoms with Crippen molar-refractivity contribution in [2.45, 2.75) is 6.18 Å². The summed E-state index contributed by atoms with van der Waals surface area (Å²) in [5, 5.41) is 2.24. The molecule has 2 aromatic heterocycles. The summed E-state index contributed by atoms with van der Waals surface area (Å²) in [4.78, 5) is 11.9. The molecule has 29 heavy (non-hydrogen) atoms. The predicted molar refractivity (Wildman–Crippen MR) is 107 cm³/mol. The number of hydrogen-bond donors (Lipinski definition) is 1. The van der Waals surface area contributed by atoms with Crippen molar-refractivity contribution in [2.24, 2.45) is 0 Å². The second-order valence-electron chi connectivity index (χ2n) is 6.77. The highest BCUT2D eigenvalue weighted by molar-refractivity contribution is 5.95. The zero-order valence-corrected chi connectivity index (χ0v) is 15.0. The van der Waals surface area contributed by atoms with Crippen LogP contribution in [0, 0.1) is 0 Å². The Morgan fingerprint density at radius 3 is 2.45 bits per heavy atom. The number of H-pyrrole nitrogens is 1. The maximum absolute atomic E-state index is 12.9. The highest BCUT2D eigenvalue weighted by Gasteiger charge is 2.30. The molecule has 142 valence electrons. The topological polar surface area (TPSA) is 41.6 Å². The molecule has 5 rings (SSSR count). The molecule has 0 aliphatic carbocycles. The molecule has 0 amide bonds. The number of nitrogens with one attached hydrogen (secondary N) is 1. The number of benzene rings is 3. The molecule has 6 heteroatoms. The van der Waals surface area contributed by atoms with E-state index in [1.165, 1.54) is 6.07 Å². The van der Waals surface area contributed by atoms with E-state index in [1.54, 1.807) is 6.20 Å². The summed E-state index contributed by atoms with van der Waals surface area (Å²) in [6, 6.07) is 21.4. The Morgan fingerprint density at radius 2 is 1.66 bits per heavy atom. The Balaban J connectivity index is 1.53. The third kappa shape index (κ3) is 3.12. The smallest absolute Gasteiger partial charge is 0.338 e. The van der Waals surface area contributed by atoms with Gasteiger partial charge in [0, 0.05) is 17.3 Å². The van der Waals surface area contributed by atoms with E-state index in [0.717, 1.165) is 34.2 Å². The fraction of sp³-hybridized carbons (Fsp3) is 0.0435. The molecule has 0 atom stereocenters. The third-order valence-corrected chi connectivity index (χ3v) is 4.91. The first-order valence-electron chi connectivity index (χ1n) is 9.00. The van der Waals surface area contributed by atoms with Gasteiger partial charge in [0.25, 0.3) is 0 Å². The molecule has 0 fully saturated rings. The number of aromatic nitrogens is 3. The standard InChI is InChI=1S/C23H14F3N3/c24-23(25,26)16-9-11-20-21(12-16)29-22(28-20)15-8-10-19(27-13-15)18-7-3-5-14-4-1-2-6-17(14)18/h1-13H,(H,28,29). The average molecular weight is 389 g/mol. The van der Waals surface area contributed by atoms with Crippen LogP contribution in [-0.2, 0) is 6.18 Å². The first kappa shape index (κ1) is 17.4. The normalized spacial score (nSPS) is 12.0. The van der Waals surface area contributed by atoms with E-state index in [9.17, 15) is 13.2 Å². The van der Waals surface area contributed by atoms with Gasteiger partial charge in [-0.3, -0.25) is 4.98 Å². The minimum atomic E-state index is -4.39. The van der Waals surface area contributed by atoms with Gasteiger partial charge < -0.3 is 4.98 Å². The van der Waals surface area contributed by atoms with Crippen LogP contribution in [0.2, 0.25) is 0 Å². The van der Waals surface area contributed by atoms with Crippen molar-refractivity contribution in [1.82, 2.24) is 15.0 Å². The monoisotopic (exact) mass is 389 g/mol. The molecule has 3 aromatic carbocycles. The van der Waals surface area contributed by atoms with Crippen molar-refractivity contribution in [3.63, 3.8) is 0 Å². The summed E-state index contributed by atoms with van der Waals surface area (Å²) in [6.45, 7) is 0. The van der Waals surface area contributed by atoms with Gasteiger partial charge in [-0.15, -0.1) is 0 Å². The summed E-state index contributed by atoms with van der Waals surface area (Å²) in [7, 11) is 0. The Bertz CT molecular complexity index is 1330.